The van der Waals surface area contributed by atoms with Crippen LogP contribution in [-0.4, -0.2) is 23.0 Å². The summed E-state index contributed by atoms with van der Waals surface area (Å²) >= 11 is 1.43. The minimum Gasteiger partial charge on any atom is -0.495 e. The number of anilines is 1. The minimum atomic E-state index is -0.467. The second-order valence-electron chi connectivity index (χ2n) is 7.46. The number of ether oxygens (including phenoxy) is 1. The van der Waals surface area contributed by atoms with Crippen molar-refractivity contribution in [1.29, 1.82) is 0 Å². The van der Waals surface area contributed by atoms with Crippen LogP contribution in [0.2, 0.25) is 0 Å². The molecule has 2 aromatic carbocycles. The van der Waals surface area contributed by atoms with Crippen LogP contribution in [0.25, 0.3) is 0 Å². The van der Waals surface area contributed by atoms with Crippen molar-refractivity contribution in [2.45, 2.75) is 43.9 Å². The molecule has 5 nitrogen and oxygen atoms in total. The van der Waals surface area contributed by atoms with Crippen LogP contribution >= 0.6 is 11.8 Å². The second kappa shape index (κ2) is 9.76. The van der Waals surface area contributed by atoms with Crippen molar-refractivity contribution < 1.29 is 9.53 Å². The zero-order valence-electron chi connectivity index (χ0n) is 18.0. The van der Waals surface area contributed by atoms with Gasteiger partial charge in [-0.25, -0.2) is 9.97 Å². The fourth-order valence-electron chi connectivity index (χ4n) is 3.02. The van der Waals surface area contributed by atoms with E-state index in [-0.39, 0.29) is 11.8 Å². The number of amides is 1. The lowest BCUT2D eigenvalue weighted by Gasteiger charge is -2.19. The molecule has 30 heavy (non-hydrogen) atoms. The van der Waals surface area contributed by atoms with Crippen LogP contribution in [0.3, 0.4) is 0 Å². The van der Waals surface area contributed by atoms with Crippen LogP contribution in [-0.2, 0) is 4.79 Å². The number of carbonyl (C=O) groups excluding carboxylic acids is 1. The van der Waals surface area contributed by atoms with E-state index in [1.54, 1.807) is 7.11 Å². The first-order chi connectivity index (χ1) is 14.4. The quantitative estimate of drug-likeness (QED) is 0.392. The maximum absolute atomic E-state index is 13.4. The number of carbonyl (C=O) groups is 1. The van der Waals surface area contributed by atoms with E-state index in [1.165, 1.54) is 11.8 Å². The lowest BCUT2D eigenvalue weighted by molar-refractivity contribution is -0.115. The van der Waals surface area contributed by atoms with E-state index < -0.39 is 5.25 Å². The van der Waals surface area contributed by atoms with Gasteiger partial charge in [0, 0.05) is 11.6 Å². The van der Waals surface area contributed by atoms with Crippen molar-refractivity contribution in [2.24, 2.45) is 0 Å². The Balaban J connectivity index is 1.94. The number of nitrogens with one attached hydrogen (secondary N) is 1. The monoisotopic (exact) mass is 421 g/mol. The van der Waals surface area contributed by atoms with Crippen LogP contribution < -0.4 is 10.1 Å². The average Bonchev–Trinajstić information content (AvgIpc) is 2.72. The van der Waals surface area contributed by atoms with Crippen molar-refractivity contribution in [3.63, 3.8) is 0 Å². The Bertz CT molecular complexity index is 1020. The van der Waals surface area contributed by atoms with Gasteiger partial charge in [0.25, 0.3) is 0 Å². The smallest absolute Gasteiger partial charge is 0.242 e. The number of hydrogen-bond donors (Lipinski definition) is 1. The van der Waals surface area contributed by atoms with Gasteiger partial charge in [0.15, 0.2) is 0 Å². The number of rotatable bonds is 7. The molecule has 3 rings (SSSR count). The largest absolute Gasteiger partial charge is 0.495 e. The van der Waals surface area contributed by atoms with Crippen molar-refractivity contribution in [1.82, 2.24) is 9.97 Å². The SMILES string of the molecule is COc1ccc(C)cc1NC(=O)C(Sc1cc(C)nc(C(C)C)n1)c1ccccc1. The summed E-state index contributed by atoms with van der Waals surface area (Å²) in [7, 11) is 1.60. The highest BCUT2D eigenvalue weighted by Crippen LogP contribution is 2.37. The minimum absolute atomic E-state index is 0.127. The van der Waals surface area contributed by atoms with Gasteiger partial charge in [-0.2, -0.15) is 0 Å². The summed E-state index contributed by atoms with van der Waals surface area (Å²) in [5.41, 5.74) is 3.51. The predicted molar refractivity (Wildman–Crippen MR) is 122 cm³/mol. The number of aromatic nitrogens is 2. The normalized spacial score (nSPS) is 11.9. The maximum atomic E-state index is 13.4. The molecule has 1 N–H and O–H groups in total. The Morgan fingerprint density at radius 2 is 1.77 bits per heavy atom. The zero-order valence-corrected chi connectivity index (χ0v) is 18.8. The van der Waals surface area contributed by atoms with Crippen LogP contribution in [0, 0.1) is 13.8 Å². The second-order valence-corrected chi connectivity index (χ2v) is 8.59. The first-order valence-corrected chi connectivity index (χ1v) is 10.8. The number of hydrogen-bond acceptors (Lipinski definition) is 5. The molecule has 156 valence electrons. The third-order valence-electron chi connectivity index (χ3n) is 4.56. The molecule has 1 heterocycles. The molecule has 0 bridgehead atoms. The van der Waals surface area contributed by atoms with E-state index in [9.17, 15) is 4.79 Å². The summed E-state index contributed by atoms with van der Waals surface area (Å²) in [5, 5.41) is 3.36. The molecule has 0 aliphatic rings. The summed E-state index contributed by atoms with van der Waals surface area (Å²) in [4.78, 5) is 22.6. The van der Waals surface area contributed by atoms with E-state index in [4.69, 9.17) is 4.74 Å². The van der Waals surface area contributed by atoms with Gasteiger partial charge in [0.2, 0.25) is 5.91 Å². The summed E-state index contributed by atoms with van der Waals surface area (Å²) in [6.45, 7) is 8.06. The third-order valence-corrected chi connectivity index (χ3v) is 5.73. The van der Waals surface area contributed by atoms with Crippen LogP contribution in [0.1, 0.15) is 47.7 Å². The molecule has 0 spiro atoms. The molecular formula is C24H27N3O2S. The molecule has 1 amide bonds. The highest BCUT2D eigenvalue weighted by atomic mass is 32.2. The van der Waals surface area contributed by atoms with E-state index >= 15 is 0 Å². The lowest BCUT2D eigenvalue weighted by atomic mass is 10.1. The molecule has 6 heteroatoms. The van der Waals surface area contributed by atoms with E-state index in [1.807, 2.05) is 68.4 Å². The van der Waals surface area contributed by atoms with Gasteiger partial charge in [-0.3, -0.25) is 4.79 Å². The van der Waals surface area contributed by atoms with E-state index in [2.05, 4.69) is 29.1 Å². The number of nitrogens with zero attached hydrogens (tertiary/aromatic N) is 2. The molecule has 1 atom stereocenters. The van der Waals surface area contributed by atoms with Crippen molar-refractivity contribution in [2.75, 3.05) is 12.4 Å². The Labute approximate surface area is 182 Å². The fourth-order valence-corrected chi connectivity index (χ4v) is 4.11. The topological polar surface area (TPSA) is 64.1 Å². The highest BCUT2D eigenvalue weighted by Gasteiger charge is 2.24. The number of benzene rings is 2. The number of thioether (sulfide) groups is 1. The average molecular weight is 422 g/mol. The molecule has 0 aliphatic heterocycles. The Morgan fingerprint density at radius 3 is 2.43 bits per heavy atom. The standard InChI is InChI=1S/C24H27N3O2S/c1-15(2)23-25-17(4)14-21(27-23)30-22(18-9-7-6-8-10-18)24(28)26-19-13-16(3)11-12-20(19)29-5/h6-15,22H,1-5H3,(H,26,28). The molecule has 1 aromatic heterocycles. The molecule has 0 fully saturated rings. The Morgan fingerprint density at radius 1 is 1.03 bits per heavy atom. The van der Waals surface area contributed by atoms with Crippen LogP contribution in [0.15, 0.2) is 59.6 Å². The van der Waals surface area contributed by atoms with E-state index in [0.29, 0.717) is 11.4 Å². The van der Waals surface area contributed by atoms with Gasteiger partial charge < -0.3 is 10.1 Å². The first-order valence-electron chi connectivity index (χ1n) is 9.90. The molecule has 0 aliphatic carbocycles. The Hall–Kier alpha value is -2.86. The summed E-state index contributed by atoms with van der Waals surface area (Å²) in [5.74, 6) is 1.50. The lowest BCUT2D eigenvalue weighted by Crippen LogP contribution is -2.20. The first kappa shape index (κ1) is 21.8. The fraction of sp³-hybridized carbons (Fsp3) is 0.292. The molecule has 1 unspecified atom stereocenters. The number of methoxy groups -OCH3 is 1. The van der Waals surface area contributed by atoms with Gasteiger partial charge in [-0.1, -0.05) is 62.0 Å². The maximum Gasteiger partial charge on any atom is 0.242 e. The molecule has 0 saturated carbocycles. The zero-order chi connectivity index (χ0) is 21.7. The highest BCUT2D eigenvalue weighted by molar-refractivity contribution is 8.00. The van der Waals surface area contributed by atoms with Crippen LogP contribution in [0.5, 0.6) is 5.75 Å². The molecule has 3 aromatic rings. The van der Waals surface area contributed by atoms with Gasteiger partial charge in [0.05, 0.1) is 12.8 Å². The summed E-state index contributed by atoms with van der Waals surface area (Å²) < 4.78 is 5.42. The van der Waals surface area contributed by atoms with Crippen molar-refractivity contribution in [3.8, 4) is 5.75 Å². The third kappa shape index (κ3) is 5.39. The van der Waals surface area contributed by atoms with Crippen molar-refractivity contribution in [3.05, 3.63) is 77.2 Å². The van der Waals surface area contributed by atoms with Gasteiger partial charge in [-0.05, 0) is 43.2 Å². The van der Waals surface area contributed by atoms with Gasteiger partial charge >= 0.3 is 0 Å². The van der Waals surface area contributed by atoms with Gasteiger partial charge in [-0.15, -0.1) is 0 Å². The molecular weight excluding hydrogens is 394 g/mol. The Kier molecular flexibility index (Phi) is 7.11. The van der Waals surface area contributed by atoms with Gasteiger partial charge in [0.1, 0.15) is 21.8 Å². The predicted octanol–water partition coefficient (Wildman–Crippen LogP) is 5.70. The molecule has 0 radical (unpaired) electrons. The van der Waals surface area contributed by atoms with Crippen LogP contribution in [0.4, 0.5) is 5.69 Å². The van der Waals surface area contributed by atoms with Crippen molar-refractivity contribution >= 4 is 23.4 Å². The summed E-state index contributed by atoms with van der Waals surface area (Å²) in [6, 6.07) is 17.4. The van der Waals surface area contributed by atoms with E-state index in [0.717, 1.165) is 27.7 Å². The molecule has 0 saturated heterocycles. The number of aryl methyl sites for hydroxylation is 2. The summed E-state index contributed by atoms with van der Waals surface area (Å²) in [6.07, 6.45) is 0.